The van der Waals surface area contributed by atoms with Crippen LogP contribution in [0.1, 0.15) is 16.1 Å². The van der Waals surface area contributed by atoms with Gasteiger partial charge in [0, 0.05) is 22.6 Å². The summed E-state index contributed by atoms with van der Waals surface area (Å²) < 4.78 is 0. The van der Waals surface area contributed by atoms with E-state index in [1.54, 1.807) is 11.3 Å². The van der Waals surface area contributed by atoms with E-state index in [0.29, 0.717) is 6.54 Å². The van der Waals surface area contributed by atoms with E-state index >= 15 is 0 Å². The second-order valence-corrected chi connectivity index (χ2v) is 5.88. The maximum Gasteiger partial charge on any atom is 0.0798 e. The maximum absolute atomic E-state index is 6.27. The highest BCUT2D eigenvalue weighted by molar-refractivity contribution is 7.09. The van der Waals surface area contributed by atoms with Crippen LogP contribution in [-0.2, 0) is 13.0 Å². The molecule has 1 aromatic heterocycles. The second kappa shape index (κ2) is 6.37. The van der Waals surface area contributed by atoms with Crippen molar-refractivity contribution in [2.75, 3.05) is 18.5 Å². The lowest BCUT2D eigenvalue weighted by Gasteiger charge is -2.19. The van der Waals surface area contributed by atoms with Crippen molar-refractivity contribution >= 4 is 28.6 Å². The lowest BCUT2D eigenvalue weighted by Crippen LogP contribution is -2.16. The maximum atomic E-state index is 6.27. The smallest absolute Gasteiger partial charge is 0.0798 e. The summed E-state index contributed by atoms with van der Waals surface area (Å²) in [4.78, 5) is 7.73. The number of halogens is 1. The summed E-state index contributed by atoms with van der Waals surface area (Å²) in [6.07, 6.45) is 0.816. The summed E-state index contributed by atoms with van der Waals surface area (Å²) in [7, 11) is 2.06. The Morgan fingerprint density at radius 3 is 2.79 bits per heavy atom. The summed E-state index contributed by atoms with van der Waals surface area (Å²) in [6.45, 7) is 3.51. The highest BCUT2D eigenvalue weighted by Gasteiger charge is 2.08. The third-order valence-corrected chi connectivity index (χ3v) is 4.39. The molecule has 0 atom stereocenters. The Morgan fingerprint density at radius 2 is 2.21 bits per heavy atom. The molecule has 0 radical (unpaired) electrons. The van der Waals surface area contributed by atoms with Crippen molar-refractivity contribution in [3.8, 4) is 0 Å². The summed E-state index contributed by atoms with van der Waals surface area (Å²) in [5.41, 5.74) is 10.8. The number of thiazole rings is 1. The number of hydrogen-bond donors (Lipinski definition) is 1. The molecule has 0 aliphatic rings. The molecule has 2 N–H and O–H groups in total. The Kier molecular flexibility index (Phi) is 4.80. The Hall–Kier alpha value is -1.10. The average Bonchev–Trinajstić information content (AvgIpc) is 2.78. The van der Waals surface area contributed by atoms with Gasteiger partial charge in [0.1, 0.15) is 0 Å². The van der Waals surface area contributed by atoms with Gasteiger partial charge in [-0.15, -0.1) is 11.3 Å². The van der Waals surface area contributed by atoms with E-state index < -0.39 is 0 Å². The first kappa shape index (κ1) is 14.3. The molecule has 2 rings (SSSR count). The number of aromatic nitrogens is 1. The molecule has 0 saturated heterocycles. The van der Waals surface area contributed by atoms with Crippen molar-refractivity contribution in [3.05, 3.63) is 44.9 Å². The first-order valence-corrected chi connectivity index (χ1v) is 7.46. The summed E-state index contributed by atoms with van der Waals surface area (Å²) in [6, 6.07) is 6.15. The van der Waals surface area contributed by atoms with Crippen LogP contribution in [0.5, 0.6) is 0 Å². The zero-order chi connectivity index (χ0) is 13.8. The normalized spacial score (nSPS) is 10.7. The van der Waals surface area contributed by atoms with Gasteiger partial charge < -0.3 is 10.6 Å². The molecule has 0 saturated carbocycles. The van der Waals surface area contributed by atoms with Gasteiger partial charge in [-0.25, -0.2) is 4.98 Å². The van der Waals surface area contributed by atoms with E-state index in [1.807, 2.05) is 18.5 Å². The topological polar surface area (TPSA) is 42.2 Å². The van der Waals surface area contributed by atoms with Crippen molar-refractivity contribution in [2.45, 2.75) is 19.9 Å². The van der Waals surface area contributed by atoms with Crippen LogP contribution in [0.3, 0.4) is 0 Å². The Morgan fingerprint density at radius 1 is 1.42 bits per heavy atom. The average molecular weight is 296 g/mol. The molecule has 0 unspecified atom stereocenters. The first-order valence-electron chi connectivity index (χ1n) is 6.20. The third-order valence-electron chi connectivity index (χ3n) is 3.12. The highest BCUT2D eigenvalue weighted by atomic mass is 35.5. The standard InChI is InChI=1S/C14H18ClN3S/c1-10-14(19-9-17-10)8-18(2)12-4-3-11(5-6-16)13(15)7-12/h3-4,7,9H,5-6,8,16H2,1-2H3. The van der Waals surface area contributed by atoms with Gasteiger partial charge in [-0.3, -0.25) is 0 Å². The minimum atomic E-state index is 0.620. The second-order valence-electron chi connectivity index (χ2n) is 4.53. The third kappa shape index (κ3) is 3.47. The molecule has 1 heterocycles. The van der Waals surface area contributed by atoms with Gasteiger partial charge in [0.15, 0.2) is 0 Å². The Labute approximate surface area is 123 Å². The number of nitrogens with two attached hydrogens (primary N) is 1. The van der Waals surface area contributed by atoms with Gasteiger partial charge in [-0.2, -0.15) is 0 Å². The fourth-order valence-electron chi connectivity index (χ4n) is 1.92. The van der Waals surface area contributed by atoms with Gasteiger partial charge in [0.05, 0.1) is 17.7 Å². The first-order chi connectivity index (χ1) is 9.11. The van der Waals surface area contributed by atoms with E-state index in [0.717, 1.165) is 34.9 Å². The van der Waals surface area contributed by atoms with E-state index in [4.69, 9.17) is 17.3 Å². The van der Waals surface area contributed by atoms with Crippen molar-refractivity contribution in [2.24, 2.45) is 5.73 Å². The molecular formula is C14H18ClN3S. The SMILES string of the molecule is Cc1ncsc1CN(C)c1ccc(CCN)c(Cl)c1. The molecule has 102 valence electrons. The predicted octanol–water partition coefficient (Wildman–Crippen LogP) is 3.24. The molecule has 19 heavy (non-hydrogen) atoms. The summed E-state index contributed by atoms with van der Waals surface area (Å²) in [5, 5.41) is 0.788. The van der Waals surface area contributed by atoms with Crippen LogP contribution in [0.15, 0.2) is 23.7 Å². The van der Waals surface area contributed by atoms with Crippen LogP contribution >= 0.6 is 22.9 Å². The molecule has 0 bridgehead atoms. The fraction of sp³-hybridized carbons (Fsp3) is 0.357. The Balaban J connectivity index is 2.13. The van der Waals surface area contributed by atoms with Crippen molar-refractivity contribution in [1.82, 2.24) is 4.98 Å². The van der Waals surface area contributed by atoms with E-state index in [9.17, 15) is 0 Å². The largest absolute Gasteiger partial charge is 0.369 e. The number of anilines is 1. The van der Waals surface area contributed by atoms with Gasteiger partial charge in [0.2, 0.25) is 0 Å². The quantitative estimate of drug-likeness (QED) is 0.921. The van der Waals surface area contributed by atoms with Gasteiger partial charge in [-0.1, -0.05) is 17.7 Å². The van der Waals surface area contributed by atoms with E-state index in [2.05, 4.69) is 29.1 Å². The van der Waals surface area contributed by atoms with Crippen LogP contribution < -0.4 is 10.6 Å². The fourth-order valence-corrected chi connectivity index (χ4v) is 3.02. The van der Waals surface area contributed by atoms with Crippen LogP contribution in [0.25, 0.3) is 0 Å². The summed E-state index contributed by atoms with van der Waals surface area (Å²) >= 11 is 7.96. The zero-order valence-electron chi connectivity index (χ0n) is 11.2. The highest BCUT2D eigenvalue weighted by Crippen LogP contribution is 2.25. The van der Waals surface area contributed by atoms with Crippen molar-refractivity contribution in [1.29, 1.82) is 0 Å². The van der Waals surface area contributed by atoms with Gasteiger partial charge >= 0.3 is 0 Å². The van der Waals surface area contributed by atoms with Crippen LogP contribution in [-0.4, -0.2) is 18.6 Å². The molecule has 1 aromatic carbocycles. The number of hydrogen-bond acceptors (Lipinski definition) is 4. The van der Waals surface area contributed by atoms with E-state index in [-0.39, 0.29) is 0 Å². The molecule has 3 nitrogen and oxygen atoms in total. The van der Waals surface area contributed by atoms with E-state index in [1.165, 1.54) is 4.88 Å². The van der Waals surface area contributed by atoms with Gasteiger partial charge in [0.25, 0.3) is 0 Å². The minimum absolute atomic E-state index is 0.620. The molecule has 0 aliphatic heterocycles. The van der Waals surface area contributed by atoms with Crippen molar-refractivity contribution < 1.29 is 0 Å². The lowest BCUT2D eigenvalue weighted by molar-refractivity contribution is 0.922. The zero-order valence-corrected chi connectivity index (χ0v) is 12.8. The predicted molar refractivity (Wildman–Crippen MR) is 83.2 cm³/mol. The van der Waals surface area contributed by atoms with Gasteiger partial charge in [-0.05, 0) is 37.6 Å². The number of benzene rings is 1. The van der Waals surface area contributed by atoms with Crippen LogP contribution in [0, 0.1) is 6.92 Å². The molecule has 0 aliphatic carbocycles. The number of rotatable bonds is 5. The monoisotopic (exact) mass is 295 g/mol. The number of nitrogens with zero attached hydrogens (tertiary/aromatic N) is 2. The number of aryl methyl sites for hydroxylation is 1. The van der Waals surface area contributed by atoms with Crippen molar-refractivity contribution in [3.63, 3.8) is 0 Å². The molecule has 2 aromatic rings. The summed E-state index contributed by atoms with van der Waals surface area (Å²) in [5.74, 6) is 0. The molecule has 0 spiro atoms. The van der Waals surface area contributed by atoms with Crippen LogP contribution in [0.4, 0.5) is 5.69 Å². The minimum Gasteiger partial charge on any atom is -0.369 e. The van der Waals surface area contributed by atoms with Crippen LogP contribution in [0.2, 0.25) is 5.02 Å². The molecule has 0 amide bonds. The molecular weight excluding hydrogens is 278 g/mol. The lowest BCUT2D eigenvalue weighted by atomic mass is 10.1. The molecule has 5 heteroatoms. The molecule has 0 fully saturated rings. The Bertz CT molecular complexity index is 553.